The fraction of sp³-hybridized carbons (Fsp3) is 0. The van der Waals surface area contributed by atoms with E-state index < -0.39 is 17.2 Å². The van der Waals surface area contributed by atoms with Crippen LogP contribution in [0.15, 0.2) is 91.0 Å². The van der Waals surface area contributed by atoms with Gasteiger partial charge in [-0.1, -0.05) is 54.6 Å². The van der Waals surface area contributed by atoms with Gasteiger partial charge in [0.15, 0.2) is 0 Å². The number of hydrogen-bond acceptors (Lipinski definition) is 1. The van der Waals surface area contributed by atoms with Crippen LogP contribution in [0.2, 0.25) is 0 Å². The molecule has 22 heavy (non-hydrogen) atoms. The van der Waals surface area contributed by atoms with Gasteiger partial charge in [0.2, 0.25) is 6.46 Å². The van der Waals surface area contributed by atoms with Gasteiger partial charge < -0.3 is 0 Å². The Labute approximate surface area is 133 Å². The fourth-order valence-electron chi connectivity index (χ4n) is 2.63. The lowest BCUT2D eigenvalue weighted by Gasteiger charge is -2.22. The number of rotatable bonds is 4. The number of benzene rings is 3. The van der Waals surface area contributed by atoms with E-state index in [1.807, 2.05) is 91.0 Å². The zero-order chi connectivity index (χ0) is 15.4. The molecule has 0 radical (unpaired) electrons. The standard InChI is InChI=1S/C18H15O2PS/c19-22(20)21(16-10-4-1-5-11-16,17-12-6-2-7-13-17)18-14-8-3-9-15-18/h1-15H/p+1. The highest BCUT2D eigenvalue weighted by Crippen LogP contribution is 2.58. The minimum atomic E-state index is -2.60. The van der Waals surface area contributed by atoms with E-state index in [1.54, 1.807) is 0 Å². The van der Waals surface area contributed by atoms with Crippen molar-refractivity contribution in [1.82, 2.24) is 0 Å². The minimum absolute atomic E-state index is 0.910. The first-order valence-electron chi connectivity index (χ1n) is 6.93. The molecule has 2 nitrogen and oxygen atoms in total. The maximum atomic E-state index is 12.6. The van der Waals surface area contributed by atoms with Crippen molar-refractivity contribution in [3.05, 3.63) is 91.0 Å². The third-order valence-electron chi connectivity index (χ3n) is 3.59. The molecule has 0 bridgehead atoms. The van der Waals surface area contributed by atoms with Gasteiger partial charge in [-0.25, -0.2) is 0 Å². The molecule has 0 aliphatic carbocycles. The number of hydrogen-bond donors (Lipinski definition) is 1. The molecule has 0 heterocycles. The summed E-state index contributed by atoms with van der Waals surface area (Å²) >= 11 is 0. The molecular weight excluding hydrogens is 311 g/mol. The molecule has 3 rings (SSSR count). The van der Waals surface area contributed by atoms with Crippen LogP contribution < -0.4 is 15.9 Å². The van der Waals surface area contributed by atoms with E-state index in [1.165, 1.54) is 0 Å². The van der Waals surface area contributed by atoms with Crippen molar-refractivity contribution in [2.75, 3.05) is 0 Å². The largest absolute Gasteiger partial charge is 0.314 e. The summed E-state index contributed by atoms with van der Waals surface area (Å²) in [4.78, 5) is 0. The maximum Gasteiger partial charge on any atom is 0.314 e. The second-order valence-corrected chi connectivity index (χ2v) is 10.7. The third-order valence-corrected chi connectivity index (χ3v) is 10.4. The van der Waals surface area contributed by atoms with Gasteiger partial charge in [0.05, 0.1) is 0 Å². The molecule has 0 spiro atoms. The van der Waals surface area contributed by atoms with Gasteiger partial charge >= 0.3 is 10.7 Å². The third kappa shape index (κ3) is 2.52. The molecule has 1 atom stereocenters. The van der Waals surface area contributed by atoms with Crippen molar-refractivity contribution in [3.63, 3.8) is 0 Å². The molecule has 0 saturated heterocycles. The van der Waals surface area contributed by atoms with Crippen molar-refractivity contribution in [3.8, 4) is 0 Å². The summed E-state index contributed by atoms with van der Waals surface area (Å²) in [5.74, 6) is 0. The van der Waals surface area contributed by atoms with Crippen LogP contribution >= 0.6 is 6.46 Å². The van der Waals surface area contributed by atoms with E-state index in [0.717, 1.165) is 15.9 Å². The van der Waals surface area contributed by atoms with E-state index >= 15 is 0 Å². The Morgan fingerprint density at radius 2 is 0.864 bits per heavy atom. The normalized spacial score (nSPS) is 12.8. The van der Waals surface area contributed by atoms with Gasteiger partial charge in [-0.2, -0.15) is 4.21 Å². The van der Waals surface area contributed by atoms with E-state index in [4.69, 9.17) is 0 Å². The maximum absolute atomic E-state index is 12.6. The Hall–Kier alpha value is -1.80. The first-order chi connectivity index (χ1) is 10.8. The molecular formula is C18H16O2PS+. The van der Waals surface area contributed by atoms with Crippen LogP contribution in [0.4, 0.5) is 0 Å². The Kier molecular flexibility index (Phi) is 4.49. The molecule has 3 aromatic rings. The van der Waals surface area contributed by atoms with E-state index in [-0.39, 0.29) is 0 Å². The van der Waals surface area contributed by atoms with Crippen LogP contribution in [0.5, 0.6) is 0 Å². The van der Waals surface area contributed by atoms with Gasteiger partial charge in [0.1, 0.15) is 15.9 Å². The van der Waals surface area contributed by atoms with Gasteiger partial charge in [-0.3, -0.25) is 4.55 Å². The van der Waals surface area contributed by atoms with Crippen molar-refractivity contribution >= 4 is 33.1 Å². The van der Waals surface area contributed by atoms with E-state index in [0.29, 0.717) is 0 Å². The first kappa shape index (κ1) is 15.1. The smallest absolute Gasteiger partial charge is 0.275 e. The lowest BCUT2D eigenvalue weighted by atomic mass is 10.4. The lowest BCUT2D eigenvalue weighted by Crippen LogP contribution is -2.33. The Morgan fingerprint density at radius 1 is 0.591 bits per heavy atom. The minimum Gasteiger partial charge on any atom is -0.275 e. The van der Waals surface area contributed by atoms with Crippen LogP contribution in [0.3, 0.4) is 0 Å². The molecule has 0 aromatic heterocycles. The first-order valence-corrected chi connectivity index (χ1v) is 10.4. The molecule has 0 aliphatic heterocycles. The lowest BCUT2D eigenvalue weighted by molar-refractivity contribution is 0.580. The van der Waals surface area contributed by atoms with Gasteiger partial charge in [-0.15, -0.1) is 0 Å². The van der Waals surface area contributed by atoms with Crippen molar-refractivity contribution < 1.29 is 8.76 Å². The van der Waals surface area contributed by atoms with Gasteiger partial charge in [0, 0.05) is 0 Å². The quantitative estimate of drug-likeness (QED) is 0.590. The summed E-state index contributed by atoms with van der Waals surface area (Å²) in [6.45, 7) is -2.60. The van der Waals surface area contributed by atoms with Crippen LogP contribution in [0, 0.1) is 0 Å². The highest BCUT2D eigenvalue weighted by molar-refractivity contribution is 8.59. The zero-order valence-electron chi connectivity index (χ0n) is 11.9. The summed E-state index contributed by atoms with van der Waals surface area (Å²) in [5.41, 5.74) is 0. The summed E-state index contributed by atoms with van der Waals surface area (Å²) in [6.07, 6.45) is 0. The topological polar surface area (TPSA) is 37.3 Å². The Bertz CT molecular complexity index is 664. The van der Waals surface area contributed by atoms with Crippen LogP contribution in [0.1, 0.15) is 0 Å². The molecule has 1 N–H and O–H groups in total. The van der Waals surface area contributed by atoms with Crippen molar-refractivity contribution in [1.29, 1.82) is 0 Å². The average Bonchev–Trinajstić information content (AvgIpc) is 2.58. The summed E-state index contributed by atoms with van der Waals surface area (Å²) in [7, 11) is -2.00. The highest BCUT2D eigenvalue weighted by Gasteiger charge is 2.52. The van der Waals surface area contributed by atoms with E-state index in [9.17, 15) is 8.76 Å². The Balaban J connectivity index is 2.37. The predicted molar refractivity (Wildman–Crippen MR) is 95.9 cm³/mol. The molecule has 110 valence electrons. The Morgan fingerprint density at radius 3 is 1.09 bits per heavy atom. The highest BCUT2D eigenvalue weighted by atomic mass is 32.8. The van der Waals surface area contributed by atoms with E-state index in [2.05, 4.69) is 0 Å². The monoisotopic (exact) mass is 327 g/mol. The SMILES string of the molecule is O=S(O)[P+](c1ccccc1)(c1ccccc1)c1ccccc1. The van der Waals surface area contributed by atoms with Crippen molar-refractivity contribution in [2.45, 2.75) is 0 Å². The van der Waals surface area contributed by atoms with Crippen LogP contribution in [0.25, 0.3) is 0 Å². The molecule has 3 aromatic carbocycles. The summed E-state index contributed by atoms with van der Waals surface area (Å²) in [5, 5.41) is 2.73. The fourth-order valence-corrected chi connectivity index (χ4v) is 8.56. The van der Waals surface area contributed by atoms with Gasteiger partial charge in [-0.05, 0) is 36.4 Å². The van der Waals surface area contributed by atoms with Crippen LogP contribution in [-0.4, -0.2) is 8.76 Å². The van der Waals surface area contributed by atoms with Crippen LogP contribution in [-0.2, 0) is 10.7 Å². The molecule has 1 unspecified atom stereocenters. The predicted octanol–water partition coefficient (Wildman–Crippen LogP) is 3.12. The summed E-state index contributed by atoms with van der Waals surface area (Å²) < 4.78 is 22.9. The molecule has 0 fully saturated rings. The molecule has 4 heteroatoms. The zero-order valence-corrected chi connectivity index (χ0v) is 13.6. The summed E-state index contributed by atoms with van der Waals surface area (Å²) in [6, 6.07) is 29.0. The average molecular weight is 327 g/mol. The molecule has 0 saturated carbocycles. The second kappa shape index (κ2) is 6.53. The van der Waals surface area contributed by atoms with Crippen molar-refractivity contribution in [2.24, 2.45) is 0 Å². The van der Waals surface area contributed by atoms with Gasteiger partial charge in [0.25, 0.3) is 0 Å². The molecule has 0 aliphatic rings. The second-order valence-electron chi connectivity index (χ2n) is 4.85. The molecule has 0 amide bonds.